The van der Waals surface area contributed by atoms with Crippen LogP contribution in [0.4, 0.5) is 0 Å². The smallest absolute Gasteiger partial charge is 0.0761 e. The van der Waals surface area contributed by atoms with Crippen molar-refractivity contribution >= 4 is 47.2 Å². The molecule has 1 saturated carbocycles. The van der Waals surface area contributed by atoms with Gasteiger partial charge in [0.25, 0.3) is 0 Å². The van der Waals surface area contributed by atoms with Crippen LogP contribution in [0.15, 0.2) is 12.1 Å². The number of aliphatic hydroxyl groups is 1. The van der Waals surface area contributed by atoms with Gasteiger partial charge in [-0.1, -0.05) is 34.8 Å². The predicted molar refractivity (Wildman–Crippen MR) is 74.4 cm³/mol. The minimum atomic E-state index is -0.603. The first kappa shape index (κ1) is 15.4. The second-order valence-electron chi connectivity index (χ2n) is 4.11. The fraction of sp³-hybridized carbons (Fsp3) is 0.455. The van der Waals surface area contributed by atoms with Gasteiger partial charge in [0, 0.05) is 10.6 Å². The van der Waals surface area contributed by atoms with Gasteiger partial charge in [0.2, 0.25) is 0 Å². The van der Waals surface area contributed by atoms with Gasteiger partial charge in [-0.05, 0) is 30.9 Å². The van der Waals surface area contributed by atoms with Crippen LogP contribution in [-0.2, 0) is 0 Å². The van der Waals surface area contributed by atoms with E-state index in [1.54, 1.807) is 12.1 Å². The zero-order valence-corrected chi connectivity index (χ0v) is 12.0. The van der Waals surface area contributed by atoms with E-state index in [1.165, 1.54) is 0 Å². The fourth-order valence-corrected chi connectivity index (χ4v) is 2.54. The molecule has 0 bridgehead atoms. The third-order valence-corrected chi connectivity index (χ3v) is 4.03. The van der Waals surface area contributed by atoms with Gasteiger partial charge in [-0.15, -0.1) is 12.4 Å². The van der Waals surface area contributed by atoms with E-state index in [-0.39, 0.29) is 18.3 Å². The van der Waals surface area contributed by atoms with Crippen LogP contribution in [0, 0.1) is 5.92 Å². The van der Waals surface area contributed by atoms with E-state index in [9.17, 15) is 5.11 Å². The SMILES string of the molecule is Cl.N[C@@H](c1c(Cl)ccc(Cl)c1Cl)[C@H](O)C1CC1. The van der Waals surface area contributed by atoms with Crippen LogP contribution in [0.3, 0.4) is 0 Å². The molecular weight excluding hydrogens is 304 g/mol. The molecule has 0 aliphatic heterocycles. The first-order valence-electron chi connectivity index (χ1n) is 5.09. The first-order valence-corrected chi connectivity index (χ1v) is 6.22. The van der Waals surface area contributed by atoms with Crippen molar-refractivity contribution in [1.82, 2.24) is 0 Å². The zero-order chi connectivity index (χ0) is 11.9. The lowest BCUT2D eigenvalue weighted by atomic mass is 9.99. The summed E-state index contributed by atoms with van der Waals surface area (Å²) in [4.78, 5) is 0. The molecule has 1 fully saturated rings. The van der Waals surface area contributed by atoms with Crippen molar-refractivity contribution < 1.29 is 5.11 Å². The van der Waals surface area contributed by atoms with E-state index < -0.39 is 12.1 Å². The molecule has 2 atom stereocenters. The molecule has 0 unspecified atom stereocenters. The van der Waals surface area contributed by atoms with Crippen molar-refractivity contribution in [1.29, 1.82) is 0 Å². The summed E-state index contributed by atoms with van der Waals surface area (Å²) in [7, 11) is 0. The van der Waals surface area contributed by atoms with Crippen LogP contribution in [-0.4, -0.2) is 11.2 Å². The molecule has 96 valence electrons. The van der Waals surface area contributed by atoms with Crippen molar-refractivity contribution in [2.75, 3.05) is 0 Å². The minimum absolute atomic E-state index is 0. The molecule has 0 aromatic heterocycles. The topological polar surface area (TPSA) is 46.2 Å². The number of hydrogen-bond acceptors (Lipinski definition) is 2. The maximum atomic E-state index is 9.97. The van der Waals surface area contributed by atoms with Crippen molar-refractivity contribution in [3.05, 3.63) is 32.8 Å². The Balaban J connectivity index is 0.00000144. The van der Waals surface area contributed by atoms with E-state index >= 15 is 0 Å². The minimum Gasteiger partial charge on any atom is -0.391 e. The summed E-state index contributed by atoms with van der Waals surface area (Å²) in [6.45, 7) is 0. The summed E-state index contributed by atoms with van der Waals surface area (Å²) in [6, 6.07) is 2.68. The molecule has 3 N–H and O–H groups in total. The van der Waals surface area contributed by atoms with Crippen molar-refractivity contribution in [2.45, 2.75) is 25.0 Å². The Kier molecular flexibility index (Phi) is 5.39. The quantitative estimate of drug-likeness (QED) is 0.832. The second-order valence-corrected chi connectivity index (χ2v) is 5.30. The van der Waals surface area contributed by atoms with Crippen molar-refractivity contribution in [3.8, 4) is 0 Å². The highest BCUT2D eigenvalue weighted by Crippen LogP contribution is 2.42. The molecule has 1 aliphatic carbocycles. The lowest BCUT2D eigenvalue weighted by Crippen LogP contribution is -2.28. The Bertz CT molecular complexity index is 409. The maximum absolute atomic E-state index is 9.97. The van der Waals surface area contributed by atoms with Crippen LogP contribution in [0.5, 0.6) is 0 Å². The van der Waals surface area contributed by atoms with Gasteiger partial charge < -0.3 is 10.8 Å². The molecule has 0 spiro atoms. The van der Waals surface area contributed by atoms with Gasteiger partial charge in [-0.2, -0.15) is 0 Å². The molecular formula is C11H13Cl4NO. The Morgan fingerprint density at radius 1 is 1.18 bits per heavy atom. The summed E-state index contributed by atoms with van der Waals surface area (Å²) in [6.07, 6.45) is 1.41. The Hall–Kier alpha value is 0.300. The normalized spacial score (nSPS) is 18.4. The van der Waals surface area contributed by atoms with Gasteiger partial charge >= 0.3 is 0 Å². The van der Waals surface area contributed by atoms with E-state index in [1.807, 2.05) is 0 Å². The highest BCUT2D eigenvalue weighted by atomic mass is 35.5. The number of hydrogen-bond donors (Lipinski definition) is 2. The van der Waals surface area contributed by atoms with Crippen molar-refractivity contribution in [3.63, 3.8) is 0 Å². The van der Waals surface area contributed by atoms with Gasteiger partial charge in [-0.25, -0.2) is 0 Å². The van der Waals surface area contributed by atoms with Crippen LogP contribution < -0.4 is 5.73 Å². The van der Waals surface area contributed by atoms with E-state index in [4.69, 9.17) is 40.5 Å². The average molecular weight is 317 g/mol. The zero-order valence-electron chi connectivity index (χ0n) is 8.87. The number of nitrogens with two attached hydrogens (primary N) is 1. The van der Waals surface area contributed by atoms with E-state index in [0.29, 0.717) is 20.6 Å². The lowest BCUT2D eigenvalue weighted by molar-refractivity contribution is 0.122. The van der Waals surface area contributed by atoms with Gasteiger partial charge in [-0.3, -0.25) is 0 Å². The molecule has 0 heterocycles. The van der Waals surface area contributed by atoms with Crippen LogP contribution in [0.1, 0.15) is 24.4 Å². The van der Waals surface area contributed by atoms with E-state index in [2.05, 4.69) is 0 Å². The average Bonchev–Trinajstić information content (AvgIpc) is 3.06. The van der Waals surface area contributed by atoms with Gasteiger partial charge in [0.05, 0.1) is 22.2 Å². The summed E-state index contributed by atoms with van der Waals surface area (Å²) in [5, 5.41) is 11.1. The largest absolute Gasteiger partial charge is 0.391 e. The van der Waals surface area contributed by atoms with Crippen LogP contribution in [0.2, 0.25) is 15.1 Å². The molecule has 0 amide bonds. The molecule has 1 aromatic carbocycles. The summed E-state index contributed by atoms with van der Waals surface area (Å²) >= 11 is 18.0. The molecule has 0 radical (unpaired) electrons. The molecule has 6 heteroatoms. The Morgan fingerprint density at radius 3 is 2.24 bits per heavy atom. The molecule has 2 rings (SSSR count). The fourth-order valence-electron chi connectivity index (χ4n) is 1.75. The molecule has 1 aliphatic rings. The number of benzene rings is 1. The standard InChI is InChI=1S/C11H12Cl3NO.ClH/c12-6-3-4-7(13)9(14)8(6)10(15)11(16)5-1-2-5;/h3-5,10-11,16H,1-2,15H2;1H/t10-,11+;/m0./s1. The lowest BCUT2D eigenvalue weighted by Gasteiger charge is -2.21. The number of aliphatic hydroxyl groups excluding tert-OH is 1. The number of halogens is 4. The van der Waals surface area contributed by atoms with E-state index in [0.717, 1.165) is 12.8 Å². The summed E-state index contributed by atoms with van der Waals surface area (Å²) < 4.78 is 0. The molecule has 1 aromatic rings. The van der Waals surface area contributed by atoms with Gasteiger partial charge in [0.15, 0.2) is 0 Å². The monoisotopic (exact) mass is 315 g/mol. The highest BCUT2D eigenvalue weighted by Gasteiger charge is 2.35. The van der Waals surface area contributed by atoms with Crippen LogP contribution in [0.25, 0.3) is 0 Å². The highest BCUT2D eigenvalue weighted by molar-refractivity contribution is 6.44. The summed E-state index contributed by atoms with van der Waals surface area (Å²) in [5.41, 5.74) is 6.51. The first-order chi connectivity index (χ1) is 7.52. The predicted octanol–water partition coefficient (Wildman–Crippen LogP) is 3.84. The summed E-state index contributed by atoms with van der Waals surface area (Å²) in [5.74, 6) is 0.265. The van der Waals surface area contributed by atoms with Crippen molar-refractivity contribution in [2.24, 2.45) is 11.7 Å². The Labute approximate surface area is 121 Å². The van der Waals surface area contributed by atoms with Gasteiger partial charge in [0.1, 0.15) is 0 Å². The second kappa shape index (κ2) is 5.96. The molecule has 0 saturated heterocycles. The maximum Gasteiger partial charge on any atom is 0.0761 e. The third kappa shape index (κ3) is 3.19. The molecule has 17 heavy (non-hydrogen) atoms. The molecule has 2 nitrogen and oxygen atoms in total. The Morgan fingerprint density at radius 2 is 1.71 bits per heavy atom. The number of rotatable bonds is 3. The third-order valence-electron chi connectivity index (χ3n) is 2.89. The van der Waals surface area contributed by atoms with Crippen LogP contribution >= 0.6 is 47.2 Å².